The van der Waals surface area contributed by atoms with E-state index in [2.05, 4.69) is 4.74 Å². The van der Waals surface area contributed by atoms with E-state index in [-0.39, 0.29) is 18.6 Å². The van der Waals surface area contributed by atoms with Crippen molar-refractivity contribution in [2.45, 2.75) is 13.2 Å². The van der Waals surface area contributed by atoms with Gasteiger partial charge in [-0.2, -0.15) is 0 Å². The minimum absolute atomic E-state index is 0. The van der Waals surface area contributed by atoms with E-state index in [0.29, 0.717) is 12.2 Å². The highest BCUT2D eigenvalue weighted by Crippen LogP contribution is 2.10. The first-order valence-electron chi connectivity index (χ1n) is 3.26. The highest BCUT2D eigenvalue weighted by atomic mass is 35.5. The third kappa shape index (κ3) is 2.47. The number of anilines is 1. The van der Waals surface area contributed by atoms with Gasteiger partial charge in [-0.1, -0.05) is 0 Å². The quantitative estimate of drug-likeness (QED) is 0.729. The molecule has 0 amide bonds. The summed E-state index contributed by atoms with van der Waals surface area (Å²) in [5.41, 5.74) is 6.11. The maximum Gasteiger partial charge on any atom is 0.295 e. The molecular weight excluding hydrogens is 180 g/mol. The van der Waals surface area contributed by atoms with E-state index in [4.69, 9.17) is 5.73 Å². The predicted octanol–water partition coefficient (Wildman–Crippen LogP) is 1.18. The molecule has 0 spiro atoms. The fourth-order valence-electron chi connectivity index (χ4n) is 0.807. The number of aromatic nitrogens is 1. The number of ether oxygens (including phenoxy) is 1. The fourth-order valence-corrected chi connectivity index (χ4v) is 0.807. The molecule has 0 saturated heterocycles. The topological polar surface area (TPSA) is 57.2 Å². The Kier molecular flexibility index (Phi) is 4.21. The molecule has 2 N–H and O–H groups in total. The molecule has 0 aliphatic rings. The molecule has 5 heteroatoms. The molecule has 4 nitrogen and oxygen atoms in total. The zero-order chi connectivity index (χ0) is 8.27. The molecule has 1 atom stereocenters. The molecule has 0 bridgehead atoms. The van der Waals surface area contributed by atoms with Gasteiger partial charge in [0.05, 0.1) is 0 Å². The Labute approximate surface area is 76.7 Å². The van der Waals surface area contributed by atoms with E-state index in [1.165, 1.54) is 0 Å². The molecule has 0 fully saturated rings. The lowest BCUT2D eigenvalue weighted by Crippen LogP contribution is -2.05. The molecule has 68 valence electrons. The number of hydrogen-bond acceptors (Lipinski definition) is 3. The monoisotopic (exact) mass is 190 g/mol. The van der Waals surface area contributed by atoms with Gasteiger partial charge in [0.15, 0.2) is 6.23 Å². The van der Waals surface area contributed by atoms with Gasteiger partial charge in [0.1, 0.15) is 0 Å². The summed E-state index contributed by atoms with van der Waals surface area (Å²) < 4.78 is 6.38. The van der Waals surface area contributed by atoms with E-state index in [1.807, 2.05) is 0 Å². The molecule has 1 heterocycles. The maximum atomic E-state index is 9.93. The summed E-state index contributed by atoms with van der Waals surface area (Å²) in [6.07, 6.45) is 3.17. The molecule has 0 saturated carbocycles. The van der Waals surface area contributed by atoms with Crippen molar-refractivity contribution in [1.29, 1.82) is 0 Å². The summed E-state index contributed by atoms with van der Waals surface area (Å²) >= 11 is 0. The number of hydrogen-bond donors (Lipinski definition) is 1. The lowest BCUT2D eigenvalue weighted by molar-refractivity contribution is -0.136. The SMILES string of the molecule is CC(OC=O)n1ccc(N)c1.Cl. The average molecular weight is 191 g/mol. The zero-order valence-electron chi connectivity index (χ0n) is 6.64. The van der Waals surface area contributed by atoms with Crippen molar-refractivity contribution in [2.24, 2.45) is 0 Å². The van der Waals surface area contributed by atoms with Crippen molar-refractivity contribution < 1.29 is 9.53 Å². The Morgan fingerprint density at radius 2 is 2.42 bits per heavy atom. The van der Waals surface area contributed by atoms with Crippen LogP contribution in [-0.2, 0) is 9.53 Å². The second kappa shape index (κ2) is 4.66. The van der Waals surface area contributed by atoms with Crippen LogP contribution in [0.3, 0.4) is 0 Å². The van der Waals surface area contributed by atoms with Crippen LogP contribution in [0.4, 0.5) is 5.69 Å². The van der Waals surface area contributed by atoms with Crippen LogP contribution in [0, 0.1) is 0 Å². The van der Waals surface area contributed by atoms with Gasteiger partial charge in [0.2, 0.25) is 0 Å². The molecule has 12 heavy (non-hydrogen) atoms. The van der Waals surface area contributed by atoms with Crippen LogP contribution in [0.2, 0.25) is 0 Å². The average Bonchev–Trinajstić information content (AvgIpc) is 2.36. The number of nitrogen functional groups attached to an aromatic ring is 1. The first kappa shape index (κ1) is 10.8. The first-order valence-corrected chi connectivity index (χ1v) is 3.26. The predicted molar refractivity (Wildman–Crippen MR) is 48.0 cm³/mol. The second-order valence-electron chi connectivity index (χ2n) is 2.22. The van der Waals surface area contributed by atoms with Crippen molar-refractivity contribution >= 4 is 24.6 Å². The van der Waals surface area contributed by atoms with Crippen molar-refractivity contribution in [3.8, 4) is 0 Å². The molecule has 1 unspecified atom stereocenters. The van der Waals surface area contributed by atoms with Crippen molar-refractivity contribution in [1.82, 2.24) is 4.57 Å². The number of halogens is 1. The number of nitrogens with two attached hydrogens (primary N) is 1. The summed E-state index contributed by atoms with van der Waals surface area (Å²) in [5.74, 6) is 0. The van der Waals surface area contributed by atoms with Crippen LogP contribution in [0.15, 0.2) is 18.5 Å². The fraction of sp³-hybridized carbons (Fsp3) is 0.286. The second-order valence-corrected chi connectivity index (χ2v) is 2.22. The third-order valence-electron chi connectivity index (χ3n) is 1.41. The van der Waals surface area contributed by atoms with Crippen molar-refractivity contribution in [3.05, 3.63) is 18.5 Å². The molecule has 1 aromatic rings. The first-order chi connectivity index (χ1) is 5.24. The highest BCUT2D eigenvalue weighted by molar-refractivity contribution is 5.85. The Balaban J connectivity index is 0.00000121. The lowest BCUT2D eigenvalue weighted by Gasteiger charge is -2.09. The summed E-state index contributed by atoms with van der Waals surface area (Å²) in [6.45, 7) is 2.18. The van der Waals surface area contributed by atoms with Crippen LogP contribution >= 0.6 is 12.4 Å². The van der Waals surface area contributed by atoms with E-state index in [0.717, 1.165) is 0 Å². The van der Waals surface area contributed by atoms with Crippen LogP contribution in [0.1, 0.15) is 13.2 Å². The Bertz CT molecular complexity index is 249. The van der Waals surface area contributed by atoms with E-state index < -0.39 is 0 Å². The van der Waals surface area contributed by atoms with Crippen LogP contribution in [-0.4, -0.2) is 11.0 Å². The molecule has 1 aromatic heterocycles. The summed E-state index contributed by atoms with van der Waals surface area (Å²) in [5, 5.41) is 0. The molecular formula is C7H11ClN2O2. The van der Waals surface area contributed by atoms with Gasteiger partial charge in [-0.15, -0.1) is 12.4 Å². The van der Waals surface area contributed by atoms with Gasteiger partial charge < -0.3 is 15.0 Å². The van der Waals surface area contributed by atoms with Gasteiger partial charge in [0, 0.05) is 18.1 Å². The normalized spacial score (nSPS) is 11.4. The smallest absolute Gasteiger partial charge is 0.295 e. The highest BCUT2D eigenvalue weighted by Gasteiger charge is 2.01. The zero-order valence-corrected chi connectivity index (χ0v) is 7.45. The van der Waals surface area contributed by atoms with Gasteiger partial charge in [0.25, 0.3) is 6.47 Å². The molecule has 1 rings (SSSR count). The number of rotatable bonds is 3. The van der Waals surface area contributed by atoms with E-state index in [1.54, 1.807) is 30.0 Å². The van der Waals surface area contributed by atoms with E-state index >= 15 is 0 Å². The van der Waals surface area contributed by atoms with Crippen LogP contribution in [0.5, 0.6) is 0 Å². The number of nitrogens with zero attached hydrogens (tertiary/aromatic N) is 1. The Morgan fingerprint density at radius 3 is 2.83 bits per heavy atom. The number of carbonyl (C=O) groups excluding carboxylic acids is 1. The van der Waals surface area contributed by atoms with Crippen molar-refractivity contribution in [2.75, 3.05) is 5.73 Å². The number of carbonyl (C=O) groups is 1. The Morgan fingerprint density at radius 1 is 1.75 bits per heavy atom. The minimum Gasteiger partial charge on any atom is -0.444 e. The lowest BCUT2D eigenvalue weighted by atomic mass is 10.6. The minimum atomic E-state index is -0.287. The summed E-state index contributed by atoms with van der Waals surface area (Å²) in [4.78, 5) is 9.93. The van der Waals surface area contributed by atoms with Gasteiger partial charge >= 0.3 is 0 Å². The molecule has 0 aromatic carbocycles. The largest absolute Gasteiger partial charge is 0.444 e. The molecule has 0 radical (unpaired) electrons. The maximum absolute atomic E-state index is 9.93. The van der Waals surface area contributed by atoms with Gasteiger partial charge in [-0.3, -0.25) is 4.79 Å². The van der Waals surface area contributed by atoms with Gasteiger partial charge in [-0.25, -0.2) is 0 Å². The third-order valence-corrected chi connectivity index (χ3v) is 1.41. The summed E-state index contributed by atoms with van der Waals surface area (Å²) in [6, 6.07) is 1.74. The Hall–Kier alpha value is -1.16. The summed E-state index contributed by atoms with van der Waals surface area (Å²) in [7, 11) is 0. The van der Waals surface area contributed by atoms with Crippen molar-refractivity contribution in [3.63, 3.8) is 0 Å². The van der Waals surface area contributed by atoms with E-state index in [9.17, 15) is 4.79 Å². The van der Waals surface area contributed by atoms with Crippen LogP contribution in [0.25, 0.3) is 0 Å². The standard InChI is InChI=1S/C7H10N2O2.ClH/c1-6(11-5-10)9-3-2-7(8)4-9;/h2-6H,8H2,1H3;1H. The van der Waals surface area contributed by atoms with Crippen LogP contribution < -0.4 is 5.73 Å². The molecule has 0 aliphatic heterocycles. The molecule has 0 aliphatic carbocycles. The van der Waals surface area contributed by atoms with Gasteiger partial charge in [-0.05, 0) is 13.0 Å².